The second kappa shape index (κ2) is 9.47. The fourth-order valence-corrected chi connectivity index (χ4v) is 4.49. The molecule has 7 nitrogen and oxygen atoms in total. The van der Waals surface area contributed by atoms with E-state index in [2.05, 4.69) is 32.0 Å². The van der Waals surface area contributed by atoms with Gasteiger partial charge in [0.2, 0.25) is 5.91 Å². The van der Waals surface area contributed by atoms with Crippen LogP contribution in [0.2, 0.25) is 0 Å². The molecule has 164 valence electrons. The Balaban J connectivity index is 1.45. The molecule has 31 heavy (non-hydrogen) atoms. The van der Waals surface area contributed by atoms with E-state index < -0.39 is 0 Å². The summed E-state index contributed by atoms with van der Waals surface area (Å²) in [4.78, 5) is 27.9. The van der Waals surface area contributed by atoms with Gasteiger partial charge in [0.1, 0.15) is 6.54 Å². The lowest BCUT2D eigenvalue weighted by Crippen LogP contribution is -2.35. The van der Waals surface area contributed by atoms with Crippen LogP contribution in [0.25, 0.3) is 10.8 Å². The maximum absolute atomic E-state index is 13.1. The first-order valence-corrected chi connectivity index (χ1v) is 11.1. The van der Waals surface area contributed by atoms with Crippen LogP contribution in [0.4, 0.5) is 0 Å². The van der Waals surface area contributed by atoms with E-state index in [1.165, 1.54) is 23.1 Å². The highest BCUT2D eigenvalue weighted by Crippen LogP contribution is 2.23. The van der Waals surface area contributed by atoms with Crippen molar-refractivity contribution in [2.24, 2.45) is 0 Å². The molecule has 0 aliphatic carbocycles. The summed E-state index contributed by atoms with van der Waals surface area (Å²) in [6.45, 7) is 8.58. The number of benzene rings is 1. The average Bonchev–Trinajstić information content (AvgIpc) is 3.37. The van der Waals surface area contributed by atoms with Crippen molar-refractivity contribution >= 4 is 16.7 Å². The van der Waals surface area contributed by atoms with Crippen molar-refractivity contribution in [1.29, 1.82) is 0 Å². The summed E-state index contributed by atoms with van der Waals surface area (Å²) in [5.41, 5.74) is 2.88. The zero-order valence-corrected chi connectivity index (χ0v) is 18.4. The van der Waals surface area contributed by atoms with Gasteiger partial charge in [0.05, 0.1) is 11.6 Å². The summed E-state index contributed by atoms with van der Waals surface area (Å²) >= 11 is 0. The predicted octanol–water partition coefficient (Wildman–Crippen LogP) is 2.47. The summed E-state index contributed by atoms with van der Waals surface area (Å²) in [6.07, 6.45) is 5.18. The Hall–Kier alpha value is -2.93. The molecular formula is C24H31N5O2. The Morgan fingerprint density at radius 3 is 2.58 bits per heavy atom. The Morgan fingerprint density at radius 2 is 1.84 bits per heavy atom. The van der Waals surface area contributed by atoms with Crippen LogP contribution in [0.3, 0.4) is 0 Å². The Bertz CT molecular complexity index is 1110. The molecule has 1 amide bonds. The zero-order chi connectivity index (χ0) is 21.8. The fraction of sp³-hybridized carbons (Fsp3) is 0.458. The van der Waals surface area contributed by atoms with Gasteiger partial charge in [-0.25, -0.2) is 4.68 Å². The monoisotopic (exact) mass is 421 g/mol. The van der Waals surface area contributed by atoms with Crippen LogP contribution in [-0.2, 0) is 17.9 Å². The normalized spacial score (nSPS) is 14.4. The lowest BCUT2D eigenvalue weighted by molar-refractivity contribution is -0.121. The molecule has 0 spiro atoms. The van der Waals surface area contributed by atoms with Gasteiger partial charge in [0, 0.05) is 29.9 Å². The van der Waals surface area contributed by atoms with E-state index in [1.807, 2.05) is 32.0 Å². The average molecular weight is 422 g/mol. The number of carbonyl (C=O) groups is 1. The first-order valence-electron chi connectivity index (χ1n) is 11.1. The number of aromatic nitrogens is 3. The van der Waals surface area contributed by atoms with Gasteiger partial charge in [0.15, 0.2) is 0 Å². The van der Waals surface area contributed by atoms with E-state index >= 15 is 0 Å². The topological polar surface area (TPSA) is 72.2 Å². The molecule has 0 atom stereocenters. The Labute approximate surface area is 182 Å². The minimum atomic E-state index is -0.211. The lowest BCUT2D eigenvalue weighted by atomic mass is 10.2. The van der Waals surface area contributed by atoms with Gasteiger partial charge in [-0.15, -0.1) is 0 Å². The number of aryl methyl sites for hydroxylation is 2. The Kier molecular flexibility index (Phi) is 6.51. The van der Waals surface area contributed by atoms with Gasteiger partial charge in [0.25, 0.3) is 5.56 Å². The van der Waals surface area contributed by atoms with Gasteiger partial charge in [-0.1, -0.05) is 30.3 Å². The van der Waals surface area contributed by atoms with Gasteiger partial charge in [-0.3, -0.25) is 9.59 Å². The number of amides is 1. The van der Waals surface area contributed by atoms with Crippen LogP contribution in [0.15, 0.2) is 41.3 Å². The molecule has 1 N–H and O–H groups in total. The van der Waals surface area contributed by atoms with Crippen LogP contribution < -0.4 is 10.9 Å². The third-order valence-corrected chi connectivity index (χ3v) is 6.25. The molecule has 0 saturated carbocycles. The quantitative estimate of drug-likeness (QED) is 0.567. The number of nitrogens with one attached hydrogen (secondary N) is 1. The van der Waals surface area contributed by atoms with Crippen molar-refractivity contribution < 1.29 is 4.79 Å². The third kappa shape index (κ3) is 4.71. The number of hydrogen-bond donors (Lipinski definition) is 1. The summed E-state index contributed by atoms with van der Waals surface area (Å²) in [5.74, 6) is -0.173. The molecule has 1 aromatic carbocycles. The highest BCUT2D eigenvalue weighted by Gasteiger charge is 2.17. The maximum atomic E-state index is 13.1. The lowest BCUT2D eigenvalue weighted by Gasteiger charge is -2.14. The summed E-state index contributed by atoms with van der Waals surface area (Å²) < 4.78 is 3.42. The number of rotatable bonds is 8. The van der Waals surface area contributed by atoms with Crippen LogP contribution >= 0.6 is 0 Å². The highest BCUT2D eigenvalue weighted by atomic mass is 16.2. The molecule has 3 heterocycles. The fourth-order valence-electron chi connectivity index (χ4n) is 4.49. The highest BCUT2D eigenvalue weighted by molar-refractivity contribution is 5.87. The number of carbonyl (C=O) groups excluding carboxylic acids is 1. The minimum absolute atomic E-state index is 0.0547. The summed E-state index contributed by atoms with van der Waals surface area (Å²) in [7, 11) is 0. The van der Waals surface area contributed by atoms with Crippen LogP contribution in [0, 0.1) is 13.8 Å². The molecule has 1 fully saturated rings. The molecule has 0 unspecified atom stereocenters. The van der Waals surface area contributed by atoms with Crippen molar-refractivity contribution in [1.82, 2.24) is 24.6 Å². The smallest absolute Gasteiger partial charge is 0.276 e. The molecule has 1 aliphatic rings. The van der Waals surface area contributed by atoms with Crippen molar-refractivity contribution in [3.05, 3.63) is 63.8 Å². The van der Waals surface area contributed by atoms with E-state index in [1.54, 1.807) is 6.20 Å². The van der Waals surface area contributed by atoms with Crippen LogP contribution in [0.5, 0.6) is 0 Å². The molecule has 0 radical (unpaired) electrons. The van der Waals surface area contributed by atoms with Gasteiger partial charge in [-0.05, 0) is 58.3 Å². The minimum Gasteiger partial charge on any atom is -0.354 e. The molecule has 3 aromatic rings. The van der Waals surface area contributed by atoms with E-state index in [9.17, 15) is 9.59 Å². The zero-order valence-electron chi connectivity index (χ0n) is 18.4. The standard InChI is InChI=1S/C24H31N5O2/c1-18-21-15-26-29(17-22(30)25-11-8-14-27-12-6-7-13-27)24(31)23(21)19(2)28(18)16-20-9-4-3-5-10-20/h3-5,9-10,15H,6-8,11-14,16-17H2,1-2H3,(H,25,30). The summed E-state index contributed by atoms with van der Waals surface area (Å²) in [6, 6.07) is 10.2. The van der Waals surface area contributed by atoms with Gasteiger partial charge < -0.3 is 14.8 Å². The molecule has 7 heteroatoms. The van der Waals surface area contributed by atoms with Crippen molar-refractivity contribution in [3.63, 3.8) is 0 Å². The largest absolute Gasteiger partial charge is 0.354 e. The van der Waals surface area contributed by atoms with Gasteiger partial charge >= 0.3 is 0 Å². The number of fused-ring (bicyclic) bond motifs is 1. The first kappa shape index (κ1) is 21.3. The van der Waals surface area contributed by atoms with E-state index in [0.717, 1.165) is 42.8 Å². The molecule has 0 bridgehead atoms. The van der Waals surface area contributed by atoms with Crippen molar-refractivity contribution in [2.75, 3.05) is 26.2 Å². The third-order valence-electron chi connectivity index (χ3n) is 6.25. The van der Waals surface area contributed by atoms with Crippen molar-refractivity contribution in [3.8, 4) is 0 Å². The molecule has 1 aliphatic heterocycles. The molecular weight excluding hydrogens is 390 g/mol. The van der Waals surface area contributed by atoms with Crippen LogP contribution in [0.1, 0.15) is 36.2 Å². The van der Waals surface area contributed by atoms with E-state index in [4.69, 9.17) is 0 Å². The Morgan fingerprint density at radius 1 is 1.10 bits per heavy atom. The SMILES string of the molecule is Cc1c2cnn(CC(=O)NCCCN3CCCC3)c(=O)c2c(C)n1Cc1ccccc1. The first-order chi connectivity index (χ1) is 15.0. The number of nitrogens with zero attached hydrogens (tertiary/aromatic N) is 4. The number of likely N-dealkylation sites (tertiary alicyclic amines) is 1. The molecule has 2 aromatic heterocycles. The summed E-state index contributed by atoms with van der Waals surface area (Å²) in [5, 5.41) is 8.70. The van der Waals surface area contributed by atoms with E-state index in [0.29, 0.717) is 18.5 Å². The second-order valence-electron chi connectivity index (χ2n) is 8.39. The number of hydrogen-bond acceptors (Lipinski definition) is 4. The molecule has 1 saturated heterocycles. The predicted molar refractivity (Wildman–Crippen MR) is 122 cm³/mol. The van der Waals surface area contributed by atoms with Crippen molar-refractivity contribution in [2.45, 2.75) is 46.2 Å². The van der Waals surface area contributed by atoms with E-state index in [-0.39, 0.29) is 18.0 Å². The second-order valence-corrected chi connectivity index (χ2v) is 8.39. The maximum Gasteiger partial charge on any atom is 0.276 e. The van der Waals surface area contributed by atoms with Gasteiger partial charge in [-0.2, -0.15) is 5.10 Å². The van der Waals surface area contributed by atoms with Crippen LogP contribution in [-0.4, -0.2) is 51.3 Å². The molecule has 4 rings (SSSR count).